The van der Waals surface area contributed by atoms with Crippen molar-refractivity contribution in [1.29, 1.82) is 0 Å². The highest BCUT2D eigenvalue weighted by atomic mass is 16.3. The average Bonchev–Trinajstić information content (AvgIpc) is 3.03. The number of aliphatic hydroxyl groups is 1. The maximum absolute atomic E-state index is 12.4. The molecule has 3 aromatic rings. The monoisotopic (exact) mass is 349 g/mol. The van der Waals surface area contributed by atoms with E-state index < -0.39 is 0 Å². The Kier molecular flexibility index (Phi) is 5.81. The molecule has 134 valence electrons. The molecule has 0 radical (unpaired) electrons. The third-order valence-corrected chi connectivity index (χ3v) is 4.43. The second-order valence-corrected chi connectivity index (χ2v) is 6.27. The van der Waals surface area contributed by atoms with Gasteiger partial charge in [-0.05, 0) is 30.0 Å². The van der Waals surface area contributed by atoms with Gasteiger partial charge in [-0.25, -0.2) is 0 Å². The van der Waals surface area contributed by atoms with Gasteiger partial charge in [0.15, 0.2) is 0 Å². The minimum Gasteiger partial charge on any atom is -0.392 e. The molecule has 0 spiro atoms. The zero-order valence-corrected chi connectivity index (χ0v) is 14.9. The van der Waals surface area contributed by atoms with Gasteiger partial charge in [0.25, 0.3) is 5.91 Å². The van der Waals surface area contributed by atoms with Gasteiger partial charge in [-0.3, -0.25) is 9.48 Å². The first-order valence-corrected chi connectivity index (χ1v) is 8.70. The van der Waals surface area contributed by atoms with Gasteiger partial charge in [-0.2, -0.15) is 5.10 Å². The number of nitrogens with one attached hydrogen (secondary N) is 1. The summed E-state index contributed by atoms with van der Waals surface area (Å²) in [6.07, 6.45) is 2.37. The highest BCUT2D eigenvalue weighted by Crippen LogP contribution is 2.10. The van der Waals surface area contributed by atoms with Gasteiger partial charge in [0.2, 0.25) is 0 Å². The molecular formula is C21H23N3O2. The summed E-state index contributed by atoms with van der Waals surface area (Å²) in [6, 6.07) is 17.8. The zero-order chi connectivity index (χ0) is 18.4. The molecule has 0 aliphatic rings. The van der Waals surface area contributed by atoms with E-state index in [-0.39, 0.29) is 12.5 Å². The minimum absolute atomic E-state index is 0.0449. The SMILES string of the molecule is Cc1c(C(=O)NCCc2ccc(CO)cc2)cnn1Cc1ccccc1. The van der Waals surface area contributed by atoms with Crippen LogP contribution in [0.25, 0.3) is 0 Å². The molecule has 26 heavy (non-hydrogen) atoms. The quantitative estimate of drug-likeness (QED) is 0.689. The Morgan fingerprint density at radius 2 is 1.73 bits per heavy atom. The van der Waals surface area contributed by atoms with E-state index >= 15 is 0 Å². The number of amides is 1. The molecule has 5 heteroatoms. The van der Waals surface area contributed by atoms with E-state index in [4.69, 9.17) is 5.11 Å². The molecule has 1 heterocycles. The van der Waals surface area contributed by atoms with Crippen LogP contribution in [0.15, 0.2) is 60.8 Å². The molecule has 0 unspecified atom stereocenters. The number of hydrogen-bond acceptors (Lipinski definition) is 3. The molecule has 3 rings (SSSR count). The molecule has 0 fully saturated rings. The van der Waals surface area contributed by atoms with E-state index in [0.29, 0.717) is 18.7 Å². The fourth-order valence-corrected chi connectivity index (χ4v) is 2.81. The molecule has 1 aromatic heterocycles. The number of nitrogens with zero attached hydrogens (tertiary/aromatic N) is 2. The van der Waals surface area contributed by atoms with Gasteiger partial charge in [0, 0.05) is 12.2 Å². The summed E-state index contributed by atoms with van der Waals surface area (Å²) in [6.45, 7) is 3.17. The molecule has 5 nitrogen and oxygen atoms in total. The van der Waals surface area contributed by atoms with Crippen molar-refractivity contribution < 1.29 is 9.90 Å². The van der Waals surface area contributed by atoms with E-state index in [1.807, 2.05) is 66.2 Å². The predicted molar refractivity (Wildman–Crippen MR) is 101 cm³/mol. The van der Waals surface area contributed by atoms with Gasteiger partial charge in [-0.15, -0.1) is 0 Å². The summed E-state index contributed by atoms with van der Waals surface area (Å²) < 4.78 is 1.85. The standard InChI is InChI=1S/C21H23N3O2/c1-16-20(13-23-24(16)14-18-5-3-2-4-6-18)21(26)22-12-11-17-7-9-19(15-25)10-8-17/h2-10,13,25H,11-12,14-15H2,1H3,(H,22,26). The predicted octanol–water partition coefficient (Wildman–Crippen LogP) is 2.70. The van der Waals surface area contributed by atoms with Crippen molar-refractivity contribution in [2.75, 3.05) is 6.54 Å². The van der Waals surface area contributed by atoms with Crippen LogP contribution in [0, 0.1) is 6.92 Å². The van der Waals surface area contributed by atoms with E-state index in [1.54, 1.807) is 6.20 Å². The third-order valence-electron chi connectivity index (χ3n) is 4.43. The van der Waals surface area contributed by atoms with Crippen LogP contribution >= 0.6 is 0 Å². The number of aromatic nitrogens is 2. The first kappa shape index (κ1) is 17.9. The summed E-state index contributed by atoms with van der Waals surface area (Å²) in [5.41, 5.74) is 4.63. The summed E-state index contributed by atoms with van der Waals surface area (Å²) in [5.74, 6) is -0.103. The van der Waals surface area contributed by atoms with Gasteiger partial charge < -0.3 is 10.4 Å². The Balaban J connectivity index is 1.56. The smallest absolute Gasteiger partial charge is 0.254 e. The fourth-order valence-electron chi connectivity index (χ4n) is 2.81. The second-order valence-electron chi connectivity index (χ2n) is 6.27. The number of benzene rings is 2. The lowest BCUT2D eigenvalue weighted by molar-refractivity contribution is 0.0953. The van der Waals surface area contributed by atoms with Crippen LogP contribution in [0.2, 0.25) is 0 Å². The van der Waals surface area contributed by atoms with Crippen LogP contribution in [0.4, 0.5) is 0 Å². The van der Waals surface area contributed by atoms with E-state index in [1.165, 1.54) is 0 Å². The van der Waals surface area contributed by atoms with Crippen molar-refractivity contribution in [3.63, 3.8) is 0 Å². The van der Waals surface area contributed by atoms with Crippen molar-refractivity contribution in [2.24, 2.45) is 0 Å². The van der Waals surface area contributed by atoms with Gasteiger partial charge >= 0.3 is 0 Å². The molecule has 0 saturated heterocycles. The van der Waals surface area contributed by atoms with Gasteiger partial charge in [-0.1, -0.05) is 54.6 Å². The van der Waals surface area contributed by atoms with Crippen molar-refractivity contribution >= 4 is 5.91 Å². The maximum Gasteiger partial charge on any atom is 0.254 e. The number of carbonyl (C=O) groups excluding carboxylic acids is 1. The van der Waals surface area contributed by atoms with E-state index in [9.17, 15) is 4.79 Å². The van der Waals surface area contributed by atoms with Crippen molar-refractivity contribution in [3.8, 4) is 0 Å². The lowest BCUT2D eigenvalue weighted by Gasteiger charge is -2.07. The molecule has 0 atom stereocenters. The molecular weight excluding hydrogens is 326 g/mol. The molecule has 0 aliphatic heterocycles. The summed E-state index contributed by atoms with van der Waals surface area (Å²) >= 11 is 0. The summed E-state index contributed by atoms with van der Waals surface area (Å²) in [7, 11) is 0. The van der Waals surface area contributed by atoms with Crippen LogP contribution in [-0.2, 0) is 19.6 Å². The van der Waals surface area contributed by atoms with Crippen LogP contribution in [0.3, 0.4) is 0 Å². The van der Waals surface area contributed by atoms with Crippen LogP contribution in [0.1, 0.15) is 32.7 Å². The van der Waals surface area contributed by atoms with Crippen molar-refractivity contribution in [2.45, 2.75) is 26.5 Å². The Morgan fingerprint density at radius 1 is 1.04 bits per heavy atom. The van der Waals surface area contributed by atoms with Crippen LogP contribution < -0.4 is 5.32 Å². The summed E-state index contributed by atoms with van der Waals surface area (Å²) in [5, 5.41) is 16.4. The van der Waals surface area contributed by atoms with E-state index in [2.05, 4.69) is 10.4 Å². The number of rotatable bonds is 7. The Hall–Kier alpha value is -2.92. The lowest BCUT2D eigenvalue weighted by Crippen LogP contribution is -2.26. The molecule has 0 bridgehead atoms. The van der Waals surface area contributed by atoms with Crippen molar-refractivity contribution in [3.05, 3.63) is 88.7 Å². The average molecular weight is 349 g/mol. The molecule has 1 amide bonds. The number of aliphatic hydroxyl groups excluding tert-OH is 1. The van der Waals surface area contributed by atoms with Crippen LogP contribution in [0.5, 0.6) is 0 Å². The number of hydrogen-bond donors (Lipinski definition) is 2. The lowest BCUT2D eigenvalue weighted by atomic mass is 10.1. The topological polar surface area (TPSA) is 67.2 Å². The van der Waals surface area contributed by atoms with Gasteiger partial charge in [0.05, 0.1) is 24.9 Å². The van der Waals surface area contributed by atoms with Crippen molar-refractivity contribution in [1.82, 2.24) is 15.1 Å². The second kappa shape index (κ2) is 8.45. The first-order valence-electron chi connectivity index (χ1n) is 8.70. The Morgan fingerprint density at radius 3 is 2.42 bits per heavy atom. The molecule has 0 saturated carbocycles. The minimum atomic E-state index is -0.103. The highest BCUT2D eigenvalue weighted by molar-refractivity contribution is 5.95. The largest absolute Gasteiger partial charge is 0.392 e. The highest BCUT2D eigenvalue weighted by Gasteiger charge is 2.14. The first-order chi connectivity index (χ1) is 12.7. The summed E-state index contributed by atoms with van der Waals surface area (Å²) in [4.78, 5) is 12.4. The molecule has 2 N–H and O–H groups in total. The Bertz CT molecular complexity index is 855. The number of carbonyl (C=O) groups is 1. The maximum atomic E-state index is 12.4. The van der Waals surface area contributed by atoms with Crippen LogP contribution in [-0.4, -0.2) is 27.3 Å². The van der Waals surface area contributed by atoms with E-state index in [0.717, 1.165) is 28.8 Å². The third kappa shape index (κ3) is 4.37. The normalized spacial score (nSPS) is 10.7. The fraction of sp³-hybridized carbons (Fsp3) is 0.238. The molecule has 2 aromatic carbocycles. The Labute approximate surface area is 153 Å². The zero-order valence-electron chi connectivity index (χ0n) is 14.9. The molecule has 0 aliphatic carbocycles. The van der Waals surface area contributed by atoms with Gasteiger partial charge in [0.1, 0.15) is 0 Å².